The van der Waals surface area contributed by atoms with Gasteiger partial charge in [0.2, 0.25) is 0 Å². The van der Waals surface area contributed by atoms with Crippen LogP contribution in [-0.2, 0) is 13.1 Å². The van der Waals surface area contributed by atoms with Crippen molar-refractivity contribution in [3.8, 4) is 11.5 Å². The van der Waals surface area contributed by atoms with Gasteiger partial charge in [0.25, 0.3) is 0 Å². The van der Waals surface area contributed by atoms with Gasteiger partial charge in [-0.3, -0.25) is 19.8 Å². The fraction of sp³-hybridized carbons (Fsp3) is 0.280. The number of benzene rings is 2. The monoisotopic (exact) mass is 414 g/mol. The number of phenols is 2. The van der Waals surface area contributed by atoms with E-state index in [-0.39, 0.29) is 11.5 Å². The van der Waals surface area contributed by atoms with E-state index in [0.29, 0.717) is 11.0 Å². The van der Waals surface area contributed by atoms with Gasteiger partial charge in [0.05, 0.1) is 0 Å². The first-order chi connectivity index (χ1) is 15.2. The lowest BCUT2D eigenvalue weighted by Gasteiger charge is -2.23. The summed E-state index contributed by atoms with van der Waals surface area (Å²) in [5.41, 5.74) is 3.74. The highest BCUT2D eigenvalue weighted by Gasteiger charge is 2.18. The van der Waals surface area contributed by atoms with Crippen LogP contribution < -0.4 is 0 Å². The number of phenolic OH excluding ortho intramolecular Hbond substituents is 2. The Morgan fingerprint density at radius 1 is 0.645 bits per heavy atom. The molecule has 0 unspecified atom stereocenters. The maximum atomic E-state index is 10.1. The highest BCUT2D eigenvalue weighted by Crippen LogP contribution is 2.28. The number of aromatic hydroxyl groups is 2. The molecule has 2 aromatic heterocycles. The lowest BCUT2D eigenvalue weighted by molar-refractivity contribution is 0.248. The first-order valence-corrected chi connectivity index (χ1v) is 10.7. The molecule has 2 N–H and O–H groups in total. The molecule has 1 aliphatic heterocycles. The normalized spacial score (nSPS) is 16.0. The van der Waals surface area contributed by atoms with Crippen LogP contribution in [0, 0.1) is 0 Å². The van der Waals surface area contributed by atoms with E-state index in [4.69, 9.17) is 0 Å². The Labute approximate surface area is 181 Å². The van der Waals surface area contributed by atoms with E-state index in [1.54, 1.807) is 24.5 Å². The number of rotatable bonds is 4. The van der Waals surface area contributed by atoms with E-state index >= 15 is 0 Å². The first-order valence-electron chi connectivity index (χ1n) is 10.7. The second kappa shape index (κ2) is 8.49. The van der Waals surface area contributed by atoms with Gasteiger partial charge < -0.3 is 10.2 Å². The summed E-state index contributed by atoms with van der Waals surface area (Å²) in [6.45, 7) is 5.74. The lowest BCUT2D eigenvalue weighted by atomic mass is 10.1. The summed E-state index contributed by atoms with van der Waals surface area (Å²) in [4.78, 5) is 13.6. The largest absolute Gasteiger partial charge is 0.506 e. The molecule has 2 aromatic carbocycles. The van der Waals surface area contributed by atoms with E-state index in [9.17, 15) is 10.2 Å². The van der Waals surface area contributed by atoms with Crippen molar-refractivity contribution in [1.82, 2.24) is 19.8 Å². The van der Waals surface area contributed by atoms with Gasteiger partial charge in [0.1, 0.15) is 22.5 Å². The lowest BCUT2D eigenvalue weighted by Crippen LogP contribution is -2.30. The molecular formula is C25H26N4O2. The van der Waals surface area contributed by atoms with Gasteiger partial charge in [0.15, 0.2) is 0 Å². The van der Waals surface area contributed by atoms with Crippen LogP contribution in [0.1, 0.15) is 17.5 Å². The van der Waals surface area contributed by atoms with Crippen molar-refractivity contribution < 1.29 is 10.2 Å². The second-order valence-electron chi connectivity index (χ2n) is 8.19. The van der Waals surface area contributed by atoms with E-state index in [2.05, 4.69) is 19.8 Å². The minimum atomic E-state index is 0.233. The fourth-order valence-corrected chi connectivity index (χ4v) is 4.53. The molecule has 0 bridgehead atoms. The Balaban J connectivity index is 1.30. The van der Waals surface area contributed by atoms with Crippen molar-refractivity contribution in [2.75, 3.05) is 26.2 Å². The van der Waals surface area contributed by atoms with Crippen molar-refractivity contribution in [1.29, 1.82) is 0 Å². The molecule has 4 aromatic rings. The van der Waals surface area contributed by atoms with Crippen LogP contribution in [0.5, 0.6) is 11.5 Å². The van der Waals surface area contributed by atoms with Gasteiger partial charge in [-0.25, -0.2) is 0 Å². The third-order valence-corrected chi connectivity index (χ3v) is 6.15. The van der Waals surface area contributed by atoms with Gasteiger partial charge in [0, 0.05) is 49.3 Å². The van der Waals surface area contributed by atoms with Crippen LogP contribution in [0.15, 0.2) is 60.9 Å². The van der Waals surface area contributed by atoms with Gasteiger partial charge in [-0.05, 0) is 54.9 Å². The number of hydrogen-bond donors (Lipinski definition) is 2. The first kappa shape index (κ1) is 19.7. The van der Waals surface area contributed by atoms with Gasteiger partial charge in [-0.15, -0.1) is 0 Å². The zero-order valence-corrected chi connectivity index (χ0v) is 17.4. The number of pyridine rings is 2. The molecule has 1 saturated heterocycles. The standard InChI is InChI=1S/C25H26N4O2/c30-22-8-6-18(20-4-1-10-26-24(20)22)16-28-12-3-13-29(15-14-28)17-19-7-9-23(31)25-21(19)5-2-11-27-25/h1-2,4-11,30-31H,3,12-17H2. The Bertz CT molecular complexity index is 1130. The molecule has 6 nitrogen and oxygen atoms in total. The van der Waals surface area contributed by atoms with Crippen molar-refractivity contribution in [2.24, 2.45) is 0 Å². The predicted octanol–water partition coefficient (Wildman–Crippen LogP) is 3.90. The molecular weight excluding hydrogens is 388 g/mol. The Kier molecular flexibility index (Phi) is 5.40. The zero-order valence-electron chi connectivity index (χ0n) is 17.4. The van der Waals surface area contributed by atoms with Gasteiger partial charge in [-0.2, -0.15) is 0 Å². The molecule has 1 aliphatic rings. The number of aromatic nitrogens is 2. The summed E-state index contributed by atoms with van der Waals surface area (Å²) < 4.78 is 0. The molecule has 3 heterocycles. The molecule has 6 heteroatoms. The number of fused-ring (bicyclic) bond motifs is 2. The molecule has 0 radical (unpaired) electrons. The number of nitrogens with zero attached hydrogens (tertiary/aromatic N) is 4. The van der Waals surface area contributed by atoms with Crippen molar-refractivity contribution in [3.05, 3.63) is 72.1 Å². The minimum absolute atomic E-state index is 0.233. The zero-order chi connectivity index (χ0) is 21.2. The summed E-state index contributed by atoms with van der Waals surface area (Å²) in [6, 6.07) is 15.4. The maximum absolute atomic E-state index is 10.1. The van der Waals surface area contributed by atoms with Gasteiger partial charge in [-0.1, -0.05) is 24.3 Å². The van der Waals surface area contributed by atoms with Crippen LogP contribution in [0.3, 0.4) is 0 Å². The molecule has 31 heavy (non-hydrogen) atoms. The highest BCUT2D eigenvalue weighted by atomic mass is 16.3. The van der Waals surface area contributed by atoms with Crippen LogP contribution in [-0.4, -0.2) is 56.2 Å². The van der Waals surface area contributed by atoms with Crippen molar-refractivity contribution in [2.45, 2.75) is 19.5 Å². The van der Waals surface area contributed by atoms with Crippen LogP contribution in [0.25, 0.3) is 21.8 Å². The molecule has 0 saturated carbocycles. The van der Waals surface area contributed by atoms with Gasteiger partial charge >= 0.3 is 0 Å². The minimum Gasteiger partial charge on any atom is -0.506 e. The Hall–Kier alpha value is -3.22. The molecule has 5 rings (SSSR count). The number of hydrogen-bond acceptors (Lipinski definition) is 6. The third-order valence-electron chi connectivity index (χ3n) is 6.15. The summed E-state index contributed by atoms with van der Waals surface area (Å²) in [5.74, 6) is 0.467. The highest BCUT2D eigenvalue weighted by molar-refractivity contribution is 5.87. The fourth-order valence-electron chi connectivity index (χ4n) is 4.53. The van der Waals surface area contributed by atoms with Crippen molar-refractivity contribution >= 4 is 21.8 Å². The predicted molar refractivity (Wildman–Crippen MR) is 122 cm³/mol. The summed E-state index contributed by atoms with van der Waals surface area (Å²) in [6.07, 6.45) is 4.54. The van der Waals surface area contributed by atoms with E-state index in [1.807, 2.05) is 36.4 Å². The van der Waals surface area contributed by atoms with Crippen LogP contribution in [0.2, 0.25) is 0 Å². The smallest absolute Gasteiger partial charge is 0.141 e. The van der Waals surface area contributed by atoms with Crippen molar-refractivity contribution in [3.63, 3.8) is 0 Å². The average molecular weight is 415 g/mol. The topological polar surface area (TPSA) is 72.7 Å². The third kappa shape index (κ3) is 4.04. The SMILES string of the molecule is Oc1ccc(CN2CCCN(Cc3ccc(O)c4ncccc34)CC2)c2cccnc12. The molecule has 1 fully saturated rings. The van der Waals surface area contributed by atoms with Crippen LogP contribution in [0.4, 0.5) is 0 Å². The average Bonchev–Trinajstić information content (AvgIpc) is 3.03. The Morgan fingerprint density at radius 2 is 1.13 bits per heavy atom. The van der Waals surface area contributed by atoms with E-state index < -0.39 is 0 Å². The second-order valence-corrected chi connectivity index (χ2v) is 8.19. The van der Waals surface area contributed by atoms with Crippen LogP contribution >= 0.6 is 0 Å². The molecule has 0 aliphatic carbocycles. The summed E-state index contributed by atoms with van der Waals surface area (Å²) in [7, 11) is 0. The molecule has 0 atom stereocenters. The summed E-state index contributed by atoms with van der Waals surface area (Å²) in [5, 5.41) is 22.3. The molecule has 0 spiro atoms. The molecule has 158 valence electrons. The Morgan fingerprint density at radius 3 is 1.61 bits per heavy atom. The quantitative estimate of drug-likeness (QED) is 0.528. The molecule has 0 amide bonds. The maximum Gasteiger partial charge on any atom is 0.141 e. The summed E-state index contributed by atoms with van der Waals surface area (Å²) >= 11 is 0. The van der Waals surface area contributed by atoms with E-state index in [1.165, 1.54) is 11.1 Å². The van der Waals surface area contributed by atoms with E-state index in [0.717, 1.165) is 56.5 Å².